The summed E-state index contributed by atoms with van der Waals surface area (Å²) < 4.78 is 65.4. The van der Waals surface area contributed by atoms with E-state index in [2.05, 4.69) is 16.1 Å². The summed E-state index contributed by atoms with van der Waals surface area (Å²) in [6.07, 6.45) is -0.506. The lowest BCUT2D eigenvalue weighted by molar-refractivity contribution is -0.274. The van der Waals surface area contributed by atoms with Crippen LogP contribution in [0.2, 0.25) is 0 Å². The minimum atomic E-state index is -4.97. The molecule has 152 valence electrons. The van der Waals surface area contributed by atoms with Gasteiger partial charge in [-0.3, -0.25) is 4.79 Å². The molecule has 1 N–H and O–H groups in total. The van der Waals surface area contributed by atoms with Gasteiger partial charge in [0.25, 0.3) is 5.91 Å². The third kappa shape index (κ3) is 4.09. The monoisotopic (exact) mass is 416 g/mol. The van der Waals surface area contributed by atoms with E-state index in [0.29, 0.717) is 38.5 Å². The first kappa shape index (κ1) is 20.5. The van der Waals surface area contributed by atoms with Crippen LogP contribution in [0, 0.1) is 16.7 Å². The average Bonchev–Trinajstić information content (AvgIpc) is 2.60. The SMILES string of the molecule is CS(=O)(=O)c1ccc(OC(F)(F)F)cc1C(=O)NC12CCC(C#N)(CC1)CC2. The maximum Gasteiger partial charge on any atom is 0.573 e. The van der Waals surface area contributed by atoms with Crippen molar-refractivity contribution in [3.63, 3.8) is 0 Å². The number of hydrogen-bond donors (Lipinski definition) is 1. The van der Waals surface area contributed by atoms with Crippen LogP contribution >= 0.6 is 0 Å². The predicted molar refractivity (Wildman–Crippen MR) is 92.2 cm³/mol. The lowest BCUT2D eigenvalue weighted by Crippen LogP contribution is -2.56. The van der Waals surface area contributed by atoms with Gasteiger partial charge in [-0.1, -0.05) is 0 Å². The summed E-state index contributed by atoms with van der Waals surface area (Å²) in [5, 5.41) is 12.2. The molecule has 0 spiro atoms. The lowest BCUT2D eigenvalue weighted by atomic mass is 9.58. The van der Waals surface area contributed by atoms with Gasteiger partial charge in [0, 0.05) is 11.8 Å². The number of carbonyl (C=O) groups is 1. The Balaban J connectivity index is 1.90. The maximum atomic E-state index is 12.9. The van der Waals surface area contributed by atoms with E-state index in [1.807, 2.05) is 0 Å². The Morgan fingerprint density at radius 3 is 2.21 bits per heavy atom. The van der Waals surface area contributed by atoms with Gasteiger partial charge in [0.2, 0.25) is 0 Å². The van der Waals surface area contributed by atoms with Gasteiger partial charge in [0.15, 0.2) is 9.84 Å². The first-order valence-corrected chi connectivity index (χ1v) is 10.6. The van der Waals surface area contributed by atoms with E-state index >= 15 is 0 Å². The van der Waals surface area contributed by atoms with Crippen LogP contribution in [0.25, 0.3) is 0 Å². The molecule has 1 amide bonds. The van der Waals surface area contributed by atoms with Crippen LogP contribution in [0.4, 0.5) is 13.2 Å². The zero-order valence-electron chi connectivity index (χ0n) is 15.1. The van der Waals surface area contributed by atoms with Gasteiger partial charge in [0.05, 0.1) is 21.9 Å². The molecule has 0 aliphatic heterocycles. The van der Waals surface area contributed by atoms with E-state index in [0.717, 1.165) is 24.5 Å². The number of rotatable bonds is 4. The molecule has 6 nitrogen and oxygen atoms in total. The van der Waals surface area contributed by atoms with Gasteiger partial charge < -0.3 is 10.1 Å². The van der Waals surface area contributed by atoms with Crippen LogP contribution in [0.5, 0.6) is 5.75 Å². The topological polar surface area (TPSA) is 96.3 Å². The standard InChI is InChI=1S/C18H19F3N2O4S/c1-28(25,26)14-3-2-12(27-18(19,20)21)10-13(14)15(24)23-17-7-4-16(11-22,5-8-17)6-9-17/h2-3,10H,4-9H2,1H3,(H,23,24). The number of halogens is 3. The highest BCUT2D eigenvalue weighted by Gasteiger charge is 2.49. The van der Waals surface area contributed by atoms with Crippen LogP contribution in [0.1, 0.15) is 48.9 Å². The summed E-state index contributed by atoms with van der Waals surface area (Å²) in [6, 6.07) is 4.94. The van der Waals surface area contributed by atoms with Crippen molar-refractivity contribution in [3.8, 4) is 11.8 Å². The number of benzene rings is 1. The Bertz CT molecular complexity index is 926. The molecule has 1 aromatic rings. The van der Waals surface area contributed by atoms with Crippen molar-refractivity contribution in [2.24, 2.45) is 5.41 Å². The van der Waals surface area contributed by atoms with Crippen molar-refractivity contribution >= 4 is 15.7 Å². The lowest BCUT2D eigenvalue weighted by Gasteiger charge is -2.50. The maximum absolute atomic E-state index is 12.9. The smallest absolute Gasteiger partial charge is 0.406 e. The number of nitrogens with one attached hydrogen (secondary N) is 1. The highest BCUT2D eigenvalue weighted by atomic mass is 32.2. The Morgan fingerprint density at radius 2 is 1.75 bits per heavy atom. The summed E-state index contributed by atoms with van der Waals surface area (Å²) in [5.41, 5.74) is -1.34. The average molecular weight is 416 g/mol. The number of alkyl halides is 3. The zero-order chi connectivity index (χ0) is 20.8. The Hall–Kier alpha value is -2.28. The molecule has 0 aromatic heterocycles. The fourth-order valence-electron chi connectivity index (χ4n) is 4.06. The Labute approximate surface area is 160 Å². The fourth-order valence-corrected chi connectivity index (χ4v) is 4.92. The quantitative estimate of drug-likeness (QED) is 0.812. The first-order valence-electron chi connectivity index (χ1n) is 8.71. The third-order valence-corrected chi connectivity index (χ3v) is 6.85. The predicted octanol–water partition coefficient (Wildman–Crippen LogP) is 3.34. The van der Waals surface area contributed by atoms with Crippen molar-refractivity contribution in [1.82, 2.24) is 5.32 Å². The molecule has 0 saturated heterocycles. The minimum Gasteiger partial charge on any atom is -0.406 e. The van der Waals surface area contributed by atoms with Crippen LogP contribution in [-0.4, -0.2) is 32.5 Å². The molecule has 3 aliphatic carbocycles. The van der Waals surface area contributed by atoms with Crippen molar-refractivity contribution in [2.45, 2.75) is 55.3 Å². The van der Waals surface area contributed by atoms with Crippen molar-refractivity contribution < 1.29 is 31.1 Å². The van der Waals surface area contributed by atoms with Gasteiger partial charge in [-0.25, -0.2) is 8.42 Å². The molecule has 2 bridgehead atoms. The van der Waals surface area contributed by atoms with Crippen LogP contribution < -0.4 is 10.1 Å². The van der Waals surface area contributed by atoms with Gasteiger partial charge in [-0.2, -0.15) is 5.26 Å². The molecule has 1 aromatic carbocycles. The minimum absolute atomic E-state index is 0.367. The molecule has 3 aliphatic rings. The van der Waals surface area contributed by atoms with E-state index in [4.69, 9.17) is 0 Å². The Morgan fingerprint density at radius 1 is 1.18 bits per heavy atom. The highest BCUT2D eigenvalue weighted by Crippen LogP contribution is 2.52. The van der Waals surface area contributed by atoms with Crippen molar-refractivity contribution in [2.75, 3.05) is 6.26 Å². The normalized spacial score (nSPS) is 27.1. The number of nitrogens with zero attached hydrogens (tertiary/aromatic N) is 1. The molecule has 0 heterocycles. The second-order valence-corrected chi connectivity index (χ2v) is 9.59. The molecule has 10 heteroatoms. The number of sulfone groups is 1. The number of fused-ring (bicyclic) bond motifs is 3. The van der Waals surface area contributed by atoms with E-state index in [1.165, 1.54) is 0 Å². The van der Waals surface area contributed by atoms with Crippen molar-refractivity contribution in [1.29, 1.82) is 5.26 Å². The second-order valence-electron chi connectivity index (χ2n) is 7.60. The summed E-state index contributed by atoms with van der Waals surface area (Å²) in [7, 11) is -3.85. The molecule has 28 heavy (non-hydrogen) atoms. The van der Waals surface area contributed by atoms with Crippen LogP contribution in [-0.2, 0) is 9.84 Å². The van der Waals surface area contributed by atoms with Gasteiger partial charge in [-0.15, -0.1) is 13.2 Å². The molecule has 0 unspecified atom stereocenters. The molecular weight excluding hydrogens is 397 g/mol. The molecular formula is C18H19F3N2O4S. The highest BCUT2D eigenvalue weighted by molar-refractivity contribution is 7.90. The molecule has 3 fully saturated rings. The molecule has 0 atom stereocenters. The van der Waals surface area contributed by atoms with Gasteiger partial charge in [0.1, 0.15) is 5.75 Å². The van der Waals surface area contributed by atoms with Gasteiger partial charge in [-0.05, 0) is 56.7 Å². The van der Waals surface area contributed by atoms with Crippen LogP contribution in [0.3, 0.4) is 0 Å². The summed E-state index contributed by atoms with van der Waals surface area (Å²) >= 11 is 0. The molecule has 4 rings (SSSR count). The second kappa shape index (κ2) is 6.65. The van der Waals surface area contributed by atoms with E-state index in [9.17, 15) is 31.6 Å². The summed E-state index contributed by atoms with van der Waals surface area (Å²) in [5.74, 6) is -1.43. The number of ether oxygens (including phenoxy) is 1. The largest absolute Gasteiger partial charge is 0.573 e. The zero-order valence-corrected chi connectivity index (χ0v) is 15.9. The van der Waals surface area contributed by atoms with E-state index in [1.54, 1.807) is 0 Å². The number of carbonyl (C=O) groups excluding carboxylic acids is 1. The van der Waals surface area contributed by atoms with E-state index < -0.39 is 33.4 Å². The van der Waals surface area contributed by atoms with Crippen molar-refractivity contribution in [3.05, 3.63) is 23.8 Å². The molecule has 0 radical (unpaired) electrons. The van der Waals surface area contributed by atoms with Crippen LogP contribution in [0.15, 0.2) is 23.1 Å². The number of amides is 1. The number of nitriles is 1. The summed E-state index contributed by atoms with van der Waals surface area (Å²) in [4.78, 5) is 12.5. The Kier molecular flexibility index (Phi) is 4.86. The fraction of sp³-hybridized carbons (Fsp3) is 0.556. The van der Waals surface area contributed by atoms with Gasteiger partial charge >= 0.3 is 6.36 Å². The molecule has 3 saturated carbocycles. The number of hydrogen-bond acceptors (Lipinski definition) is 5. The van der Waals surface area contributed by atoms with E-state index in [-0.39, 0.29) is 15.9 Å². The summed E-state index contributed by atoms with van der Waals surface area (Å²) in [6.45, 7) is 0. The third-order valence-electron chi connectivity index (χ3n) is 5.69. The first-order chi connectivity index (χ1) is 12.9.